The lowest BCUT2D eigenvalue weighted by molar-refractivity contribution is -0.128. The molecule has 2 unspecified atom stereocenters. The van der Waals surface area contributed by atoms with Crippen LogP contribution in [0.2, 0.25) is 0 Å². The topological polar surface area (TPSA) is 71.4 Å². The zero-order chi connectivity index (χ0) is 27.5. The average Bonchev–Trinajstić information content (AvgIpc) is 3.51. The molecule has 1 aromatic carbocycles. The minimum Gasteiger partial charge on any atom is -0.390 e. The van der Waals surface area contributed by atoms with Gasteiger partial charge in [-0.05, 0) is 57.5 Å². The first-order chi connectivity index (χ1) is 18.4. The van der Waals surface area contributed by atoms with Crippen LogP contribution in [0.1, 0.15) is 38.0 Å². The number of rotatable bonds is 14. The van der Waals surface area contributed by atoms with E-state index < -0.39 is 6.23 Å². The van der Waals surface area contributed by atoms with Crippen molar-refractivity contribution in [2.75, 3.05) is 27.2 Å². The number of aromatic nitrogens is 2. The lowest BCUT2D eigenvalue weighted by atomic mass is 10.1. The van der Waals surface area contributed by atoms with Crippen LogP contribution in [-0.2, 0) is 16.1 Å². The van der Waals surface area contributed by atoms with Crippen molar-refractivity contribution in [2.24, 2.45) is 0 Å². The van der Waals surface area contributed by atoms with E-state index in [4.69, 9.17) is 9.84 Å². The van der Waals surface area contributed by atoms with E-state index in [0.29, 0.717) is 18.8 Å². The Labute approximate surface area is 233 Å². The lowest BCUT2D eigenvalue weighted by Crippen LogP contribution is -2.32. The van der Waals surface area contributed by atoms with Crippen molar-refractivity contribution in [3.05, 3.63) is 89.0 Å². The van der Waals surface area contributed by atoms with Crippen molar-refractivity contribution in [1.29, 1.82) is 0 Å². The van der Waals surface area contributed by atoms with E-state index in [1.807, 2.05) is 56.2 Å². The van der Waals surface area contributed by atoms with Gasteiger partial charge in [-0.15, -0.1) is 6.58 Å². The van der Waals surface area contributed by atoms with Gasteiger partial charge >= 0.3 is 0 Å². The molecule has 1 aromatic heterocycles. The Morgan fingerprint density at radius 2 is 2.11 bits per heavy atom. The summed E-state index contributed by atoms with van der Waals surface area (Å²) in [5.41, 5.74) is 3.33. The molecule has 2 atom stereocenters. The summed E-state index contributed by atoms with van der Waals surface area (Å²) in [6.45, 7) is 6.89. The minimum atomic E-state index is -0.555. The van der Waals surface area contributed by atoms with Gasteiger partial charge in [-0.25, -0.2) is 4.39 Å². The third-order valence-electron chi connectivity index (χ3n) is 6.37. The number of carbonyl (C=O) groups excluding carboxylic acids is 1. The largest absolute Gasteiger partial charge is 0.390 e. The third kappa shape index (κ3) is 7.75. The number of hydrogen-bond acceptors (Lipinski definition) is 5. The molecule has 1 fully saturated rings. The summed E-state index contributed by atoms with van der Waals surface area (Å²) in [7, 11) is 3.84. The molecular formula is C29H37BrFN5O2. The van der Waals surface area contributed by atoms with E-state index in [2.05, 4.69) is 39.2 Å². The van der Waals surface area contributed by atoms with Gasteiger partial charge < -0.3 is 20.3 Å². The fourth-order valence-corrected chi connectivity index (χ4v) is 4.56. The molecule has 1 aliphatic heterocycles. The van der Waals surface area contributed by atoms with Gasteiger partial charge in [0, 0.05) is 47.1 Å². The molecule has 1 amide bonds. The number of carbonyl (C=O) groups is 1. The first kappa shape index (κ1) is 29.5. The highest BCUT2D eigenvalue weighted by Crippen LogP contribution is 2.35. The maximum absolute atomic E-state index is 13.6. The number of unbranched alkanes of at least 4 members (excludes halogenated alkanes) is 1. The summed E-state index contributed by atoms with van der Waals surface area (Å²) in [4.78, 5) is 14.6. The summed E-state index contributed by atoms with van der Waals surface area (Å²) in [5, 5.41) is 11.3. The van der Waals surface area contributed by atoms with Gasteiger partial charge in [0.25, 0.3) is 5.91 Å². The highest BCUT2D eigenvalue weighted by Gasteiger charge is 2.35. The molecule has 2 aromatic rings. The summed E-state index contributed by atoms with van der Waals surface area (Å²) in [6, 6.07) is 6.40. The minimum absolute atomic E-state index is 0.0195. The average molecular weight is 587 g/mol. The Balaban J connectivity index is 1.81. The standard InChI is InChI=1S/C29H37BrFN5O2/c1-5-10-25(32-3)26(33-4)12-7-8-18-36-27(37)20-38-29(36)24-19-35(17-9-11-22(30)6-2)34-28(24)21-13-15-23(31)16-14-21/h5-6,9,11-16,19,25,29,32-33H,1,7-8,10,17-18,20H2,2-4H3/b11-9-,22-6+,26-12+. The van der Waals surface area contributed by atoms with Crippen molar-refractivity contribution in [3.63, 3.8) is 0 Å². The number of hydrogen-bond donors (Lipinski definition) is 2. The predicted molar refractivity (Wildman–Crippen MR) is 154 cm³/mol. The molecule has 2 N–H and O–H groups in total. The fraction of sp³-hybridized carbons (Fsp3) is 0.379. The predicted octanol–water partition coefficient (Wildman–Crippen LogP) is 5.45. The maximum Gasteiger partial charge on any atom is 0.250 e. The SMILES string of the molecule is C=CCC(NC)/C(=C\CCCN1C(=O)COC1c1cn(C/C=C\C(Br)=C/C)nc1-c1ccc(F)cc1)NC. The summed E-state index contributed by atoms with van der Waals surface area (Å²) < 4.78 is 22.4. The van der Waals surface area contributed by atoms with Crippen LogP contribution >= 0.6 is 15.9 Å². The van der Waals surface area contributed by atoms with Crippen LogP contribution in [-0.4, -0.2) is 53.9 Å². The van der Waals surface area contributed by atoms with Gasteiger partial charge in [-0.3, -0.25) is 9.48 Å². The zero-order valence-electron chi connectivity index (χ0n) is 22.3. The van der Waals surface area contributed by atoms with E-state index in [-0.39, 0.29) is 24.4 Å². The first-order valence-electron chi connectivity index (χ1n) is 12.8. The molecule has 0 spiro atoms. The van der Waals surface area contributed by atoms with Crippen LogP contribution in [0.4, 0.5) is 4.39 Å². The van der Waals surface area contributed by atoms with E-state index in [1.165, 1.54) is 12.1 Å². The summed E-state index contributed by atoms with van der Waals surface area (Å²) >= 11 is 3.47. The van der Waals surface area contributed by atoms with E-state index >= 15 is 0 Å². The number of likely N-dealkylation sites (N-methyl/N-ethyl adjacent to an activating group) is 2. The molecule has 0 aliphatic carbocycles. The van der Waals surface area contributed by atoms with Crippen LogP contribution < -0.4 is 10.6 Å². The second kappa shape index (κ2) is 14.8. The van der Waals surface area contributed by atoms with Gasteiger partial charge in [-0.1, -0.05) is 46.3 Å². The van der Waals surface area contributed by atoms with Crippen molar-refractivity contribution < 1.29 is 13.9 Å². The number of allylic oxidation sites excluding steroid dienone is 5. The maximum atomic E-state index is 13.6. The molecule has 1 saturated heterocycles. The second-order valence-corrected chi connectivity index (χ2v) is 9.82. The lowest BCUT2D eigenvalue weighted by Gasteiger charge is -2.23. The van der Waals surface area contributed by atoms with Crippen LogP contribution in [0.5, 0.6) is 0 Å². The molecule has 204 valence electrons. The number of halogens is 2. The number of ether oxygens (including phenoxy) is 1. The van der Waals surface area contributed by atoms with Gasteiger partial charge in [0.15, 0.2) is 6.23 Å². The van der Waals surface area contributed by atoms with Gasteiger partial charge in [0.1, 0.15) is 18.1 Å². The van der Waals surface area contributed by atoms with Gasteiger partial charge in [0.05, 0.1) is 6.54 Å². The highest BCUT2D eigenvalue weighted by molar-refractivity contribution is 9.11. The molecule has 1 aliphatic rings. The molecule has 7 nitrogen and oxygen atoms in total. The van der Waals surface area contributed by atoms with E-state index in [0.717, 1.165) is 40.6 Å². The molecule has 0 saturated carbocycles. The summed E-state index contributed by atoms with van der Waals surface area (Å²) in [5.74, 6) is -0.368. The van der Waals surface area contributed by atoms with Crippen LogP contribution in [0.3, 0.4) is 0 Å². The molecule has 3 rings (SSSR count). The van der Waals surface area contributed by atoms with Crippen LogP contribution in [0, 0.1) is 5.82 Å². The van der Waals surface area contributed by atoms with E-state index in [9.17, 15) is 9.18 Å². The van der Waals surface area contributed by atoms with Crippen LogP contribution in [0.25, 0.3) is 11.3 Å². The van der Waals surface area contributed by atoms with Crippen molar-refractivity contribution in [2.45, 2.75) is 45.0 Å². The number of nitrogens with zero attached hydrogens (tertiary/aromatic N) is 3. The quantitative estimate of drug-likeness (QED) is 0.175. The molecule has 38 heavy (non-hydrogen) atoms. The molecule has 0 bridgehead atoms. The van der Waals surface area contributed by atoms with Gasteiger partial charge in [-0.2, -0.15) is 5.10 Å². The molecular weight excluding hydrogens is 549 g/mol. The van der Waals surface area contributed by atoms with E-state index in [1.54, 1.807) is 17.0 Å². The Morgan fingerprint density at radius 1 is 1.34 bits per heavy atom. The molecule has 9 heteroatoms. The molecule has 2 heterocycles. The van der Waals surface area contributed by atoms with Crippen molar-refractivity contribution in [1.82, 2.24) is 25.3 Å². The fourth-order valence-electron chi connectivity index (χ4n) is 4.37. The Morgan fingerprint density at radius 3 is 2.76 bits per heavy atom. The second-order valence-electron chi connectivity index (χ2n) is 8.91. The first-order valence-corrected chi connectivity index (χ1v) is 13.6. The third-order valence-corrected chi connectivity index (χ3v) is 7.09. The Bertz CT molecular complexity index is 1170. The summed E-state index contributed by atoms with van der Waals surface area (Å²) in [6.07, 6.45) is 13.7. The monoisotopic (exact) mass is 585 g/mol. The normalized spacial score (nSPS) is 17.4. The number of amides is 1. The number of nitrogens with one attached hydrogen (secondary N) is 2. The Hall–Kier alpha value is -3.01. The smallest absolute Gasteiger partial charge is 0.250 e. The molecule has 0 radical (unpaired) electrons. The highest BCUT2D eigenvalue weighted by atomic mass is 79.9. The van der Waals surface area contributed by atoms with Gasteiger partial charge in [0.2, 0.25) is 0 Å². The van der Waals surface area contributed by atoms with Crippen molar-refractivity contribution >= 4 is 21.8 Å². The van der Waals surface area contributed by atoms with Crippen molar-refractivity contribution in [3.8, 4) is 11.3 Å². The van der Waals surface area contributed by atoms with Crippen LogP contribution in [0.15, 0.2) is 77.6 Å². The Kier molecular flexibility index (Phi) is 11.5. The number of benzene rings is 1. The zero-order valence-corrected chi connectivity index (χ0v) is 23.9.